The van der Waals surface area contributed by atoms with Crippen molar-refractivity contribution in [1.82, 2.24) is 4.90 Å². The molecule has 2 aromatic rings. The average Bonchev–Trinajstić information content (AvgIpc) is 2.94. The summed E-state index contributed by atoms with van der Waals surface area (Å²) in [6, 6.07) is 5.05. The standard InChI is InChI=1S/C14H15FN2OS/c1-8-4-3-7-17(8)14(18)13-12(16)11-9(15)5-2-6-10(11)19-13/h2,5-6,8H,3-4,7,16H2,1H3. The summed E-state index contributed by atoms with van der Waals surface area (Å²) in [5.74, 6) is -0.428. The number of nitrogens with two attached hydrogens (primary N) is 1. The molecule has 2 heterocycles. The zero-order chi connectivity index (χ0) is 13.6. The fourth-order valence-corrected chi connectivity index (χ4v) is 3.75. The van der Waals surface area contributed by atoms with Gasteiger partial charge in [-0.3, -0.25) is 4.79 Å². The maximum atomic E-state index is 13.8. The van der Waals surface area contributed by atoms with Gasteiger partial charge in [0, 0.05) is 17.3 Å². The van der Waals surface area contributed by atoms with Crippen LogP contribution < -0.4 is 5.73 Å². The lowest BCUT2D eigenvalue weighted by molar-refractivity contribution is 0.0753. The van der Waals surface area contributed by atoms with E-state index in [0.717, 1.165) is 24.1 Å². The summed E-state index contributed by atoms with van der Waals surface area (Å²) in [4.78, 5) is 14.8. The number of nitrogens with zero attached hydrogens (tertiary/aromatic N) is 1. The Hall–Kier alpha value is -1.62. The Morgan fingerprint density at radius 2 is 2.32 bits per heavy atom. The van der Waals surface area contributed by atoms with Gasteiger partial charge in [-0.15, -0.1) is 11.3 Å². The first kappa shape index (κ1) is 12.4. The number of hydrogen-bond acceptors (Lipinski definition) is 3. The summed E-state index contributed by atoms with van der Waals surface area (Å²) in [5.41, 5.74) is 6.26. The summed E-state index contributed by atoms with van der Waals surface area (Å²) < 4.78 is 14.5. The van der Waals surface area contributed by atoms with E-state index in [1.807, 2.05) is 11.8 Å². The zero-order valence-electron chi connectivity index (χ0n) is 10.6. The third kappa shape index (κ3) is 1.89. The number of thiophene rings is 1. The zero-order valence-corrected chi connectivity index (χ0v) is 11.5. The van der Waals surface area contributed by atoms with Crippen LogP contribution in [0.25, 0.3) is 10.1 Å². The minimum atomic E-state index is -0.361. The summed E-state index contributed by atoms with van der Waals surface area (Å²) >= 11 is 1.28. The molecule has 0 radical (unpaired) electrons. The maximum Gasteiger partial charge on any atom is 0.266 e. The molecule has 1 amide bonds. The minimum Gasteiger partial charge on any atom is -0.397 e. The molecule has 2 N–H and O–H groups in total. The largest absolute Gasteiger partial charge is 0.397 e. The van der Waals surface area contributed by atoms with Gasteiger partial charge in [-0.2, -0.15) is 0 Å². The highest BCUT2D eigenvalue weighted by atomic mass is 32.1. The second-order valence-electron chi connectivity index (χ2n) is 4.95. The predicted molar refractivity (Wildman–Crippen MR) is 75.9 cm³/mol. The van der Waals surface area contributed by atoms with Gasteiger partial charge in [0.15, 0.2) is 0 Å². The van der Waals surface area contributed by atoms with Crippen molar-refractivity contribution in [2.75, 3.05) is 12.3 Å². The summed E-state index contributed by atoms with van der Waals surface area (Å²) in [7, 11) is 0. The van der Waals surface area contributed by atoms with Gasteiger partial charge in [-0.05, 0) is 31.9 Å². The molecule has 1 aliphatic rings. The van der Waals surface area contributed by atoms with Crippen LogP contribution in [0.1, 0.15) is 29.4 Å². The molecule has 19 heavy (non-hydrogen) atoms. The van der Waals surface area contributed by atoms with Crippen LogP contribution in [0, 0.1) is 5.82 Å². The normalized spacial score (nSPS) is 19.3. The lowest BCUT2D eigenvalue weighted by Crippen LogP contribution is -2.33. The summed E-state index contributed by atoms with van der Waals surface area (Å²) in [5, 5.41) is 0.377. The van der Waals surface area contributed by atoms with Crippen LogP contribution in [-0.2, 0) is 0 Å². The molecule has 3 rings (SSSR count). The SMILES string of the molecule is CC1CCCN1C(=O)c1sc2cccc(F)c2c1N. The van der Waals surface area contributed by atoms with Crippen molar-refractivity contribution in [2.24, 2.45) is 0 Å². The van der Waals surface area contributed by atoms with Gasteiger partial charge in [0.25, 0.3) is 5.91 Å². The van der Waals surface area contributed by atoms with Crippen molar-refractivity contribution in [1.29, 1.82) is 0 Å². The van der Waals surface area contributed by atoms with Crippen molar-refractivity contribution in [3.05, 3.63) is 28.9 Å². The molecule has 0 spiro atoms. The monoisotopic (exact) mass is 278 g/mol. The second-order valence-corrected chi connectivity index (χ2v) is 6.00. The second kappa shape index (κ2) is 4.49. The lowest BCUT2D eigenvalue weighted by atomic mass is 10.2. The predicted octanol–water partition coefficient (Wildman–Crippen LogP) is 3.25. The molecule has 1 fully saturated rings. The smallest absolute Gasteiger partial charge is 0.266 e. The molecular formula is C14H15FN2OS. The molecule has 3 nitrogen and oxygen atoms in total. The number of carbonyl (C=O) groups excluding carboxylic acids is 1. The number of rotatable bonds is 1. The van der Waals surface area contributed by atoms with E-state index in [1.54, 1.807) is 12.1 Å². The van der Waals surface area contributed by atoms with Crippen LogP contribution >= 0.6 is 11.3 Å². The molecule has 1 aromatic heterocycles. The van der Waals surface area contributed by atoms with Crippen molar-refractivity contribution in [3.8, 4) is 0 Å². The summed E-state index contributed by atoms with van der Waals surface area (Å²) in [6.07, 6.45) is 2.04. The molecule has 0 saturated carbocycles. The van der Waals surface area contributed by atoms with Gasteiger partial charge >= 0.3 is 0 Å². The summed E-state index contributed by atoms with van der Waals surface area (Å²) in [6.45, 7) is 2.80. The van der Waals surface area contributed by atoms with E-state index in [0.29, 0.717) is 10.3 Å². The van der Waals surface area contributed by atoms with Gasteiger partial charge in [0.1, 0.15) is 10.7 Å². The van der Waals surface area contributed by atoms with Crippen molar-refractivity contribution in [2.45, 2.75) is 25.8 Å². The third-order valence-electron chi connectivity index (χ3n) is 3.71. The molecule has 1 atom stereocenters. The highest BCUT2D eigenvalue weighted by Gasteiger charge is 2.29. The molecule has 0 aliphatic carbocycles. The molecular weight excluding hydrogens is 263 g/mol. The van der Waals surface area contributed by atoms with Crippen LogP contribution in [0.2, 0.25) is 0 Å². The van der Waals surface area contributed by atoms with E-state index in [4.69, 9.17) is 5.73 Å². The van der Waals surface area contributed by atoms with Crippen LogP contribution in [0.3, 0.4) is 0 Å². The fraction of sp³-hybridized carbons (Fsp3) is 0.357. The van der Waals surface area contributed by atoms with Gasteiger partial charge in [-0.1, -0.05) is 6.07 Å². The molecule has 100 valence electrons. The first-order valence-electron chi connectivity index (χ1n) is 6.37. The van der Waals surface area contributed by atoms with Gasteiger partial charge in [-0.25, -0.2) is 4.39 Å². The number of halogens is 1. The maximum absolute atomic E-state index is 13.8. The minimum absolute atomic E-state index is 0.0666. The van der Waals surface area contributed by atoms with E-state index in [1.165, 1.54) is 17.4 Å². The Balaban J connectivity index is 2.08. The fourth-order valence-electron chi connectivity index (χ4n) is 2.65. The number of hydrogen-bond donors (Lipinski definition) is 1. The Bertz CT molecular complexity index is 652. The van der Waals surface area contributed by atoms with Crippen molar-refractivity contribution in [3.63, 3.8) is 0 Å². The third-order valence-corrected chi connectivity index (χ3v) is 4.87. The Morgan fingerprint density at radius 1 is 1.53 bits per heavy atom. The number of likely N-dealkylation sites (tertiary alicyclic amines) is 1. The number of carbonyl (C=O) groups is 1. The highest BCUT2D eigenvalue weighted by Crippen LogP contribution is 2.36. The quantitative estimate of drug-likeness (QED) is 0.870. The van der Waals surface area contributed by atoms with E-state index < -0.39 is 0 Å². The first-order valence-corrected chi connectivity index (χ1v) is 7.18. The van der Waals surface area contributed by atoms with E-state index in [2.05, 4.69) is 0 Å². The van der Waals surface area contributed by atoms with Crippen molar-refractivity contribution < 1.29 is 9.18 Å². The van der Waals surface area contributed by atoms with Gasteiger partial charge < -0.3 is 10.6 Å². The number of nitrogen functional groups attached to an aromatic ring is 1. The number of anilines is 1. The van der Waals surface area contributed by atoms with Crippen LogP contribution in [0.15, 0.2) is 18.2 Å². The molecule has 1 aromatic carbocycles. The number of benzene rings is 1. The van der Waals surface area contributed by atoms with E-state index in [9.17, 15) is 9.18 Å². The average molecular weight is 278 g/mol. The Morgan fingerprint density at radius 3 is 2.95 bits per heavy atom. The van der Waals surface area contributed by atoms with Gasteiger partial charge in [0.05, 0.1) is 11.1 Å². The topological polar surface area (TPSA) is 46.3 Å². The molecule has 1 aliphatic heterocycles. The van der Waals surface area contributed by atoms with Crippen LogP contribution in [0.5, 0.6) is 0 Å². The lowest BCUT2D eigenvalue weighted by Gasteiger charge is -2.20. The first-order chi connectivity index (χ1) is 9.09. The molecule has 1 unspecified atom stereocenters. The van der Waals surface area contributed by atoms with Crippen LogP contribution in [0.4, 0.5) is 10.1 Å². The number of fused-ring (bicyclic) bond motifs is 1. The molecule has 5 heteroatoms. The Kier molecular flexibility index (Phi) is 2.93. The van der Waals surface area contributed by atoms with E-state index >= 15 is 0 Å². The number of amides is 1. The molecule has 0 bridgehead atoms. The van der Waals surface area contributed by atoms with Crippen molar-refractivity contribution >= 4 is 33.0 Å². The van der Waals surface area contributed by atoms with E-state index in [-0.39, 0.29) is 23.5 Å². The van der Waals surface area contributed by atoms with Gasteiger partial charge in [0.2, 0.25) is 0 Å². The molecule has 1 saturated heterocycles. The highest BCUT2D eigenvalue weighted by molar-refractivity contribution is 7.21. The van der Waals surface area contributed by atoms with Crippen LogP contribution in [-0.4, -0.2) is 23.4 Å². The Labute approximate surface area is 114 Å².